The van der Waals surface area contributed by atoms with Crippen molar-refractivity contribution in [2.45, 2.75) is 30.5 Å². The summed E-state index contributed by atoms with van der Waals surface area (Å²) in [6.45, 7) is 5.32. The largest absolute Gasteiger partial charge is 0.350 e. The number of hydrogen-bond acceptors (Lipinski definition) is 4. The molecule has 0 atom stereocenters. The summed E-state index contributed by atoms with van der Waals surface area (Å²) >= 11 is 4.31. The highest BCUT2D eigenvalue weighted by atomic mass is 79.9. The molecule has 1 aromatic heterocycles. The summed E-state index contributed by atoms with van der Waals surface area (Å²) in [4.78, 5) is 11.7. The van der Waals surface area contributed by atoms with Gasteiger partial charge in [-0.2, -0.15) is 4.31 Å². The van der Waals surface area contributed by atoms with E-state index >= 15 is 0 Å². The molecule has 108 valence electrons. The molecule has 1 amide bonds. The predicted octanol–water partition coefficient (Wildman–Crippen LogP) is 2.05. The van der Waals surface area contributed by atoms with Gasteiger partial charge in [-0.3, -0.25) is 4.79 Å². The maximum Gasteiger partial charge on any atom is 0.253 e. The number of amides is 1. The molecule has 0 fully saturated rings. The Morgan fingerprint density at radius 1 is 1.47 bits per heavy atom. The van der Waals surface area contributed by atoms with E-state index in [0.29, 0.717) is 4.47 Å². The molecule has 0 unspecified atom stereocenters. The number of nitrogens with zero attached hydrogens (tertiary/aromatic N) is 1. The molecule has 8 heteroatoms. The molecule has 0 aliphatic rings. The molecule has 1 rings (SSSR count). The lowest BCUT2D eigenvalue weighted by Gasteiger charge is -2.23. The minimum Gasteiger partial charge on any atom is -0.350 e. The third kappa shape index (κ3) is 4.55. The Balaban J connectivity index is 2.82. The Bertz CT molecular complexity index is 561. The highest BCUT2D eigenvalue weighted by Crippen LogP contribution is 2.29. The summed E-state index contributed by atoms with van der Waals surface area (Å²) in [7, 11) is -2.24. The van der Waals surface area contributed by atoms with Crippen LogP contribution in [0, 0.1) is 0 Å². The second-order valence-corrected chi connectivity index (χ2v) is 9.13. The standard InChI is InChI=1S/C11H17BrN2O3S2/c1-11(2,3)13-9(15)7-14(4)19(16,17)10-8(12)5-6-18-10/h5-6H,7H2,1-4H3,(H,13,15). The SMILES string of the molecule is CN(CC(=O)NC(C)(C)C)S(=O)(=O)c1sccc1Br. The zero-order chi connectivity index (χ0) is 14.8. The van der Waals surface area contributed by atoms with E-state index in [1.165, 1.54) is 7.05 Å². The van der Waals surface area contributed by atoms with Crippen molar-refractivity contribution in [2.75, 3.05) is 13.6 Å². The first kappa shape index (κ1) is 16.6. The van der Waals surface area contributed by atoms with Crippen LogP contribution in [-0.4, -0.2) is 37.8 Å². The first-order valence-electron chi connectivity index (χ1n) is 5.54. The molecule has 0 aromatic carbocycles. The minimum atomic E-state index is -3.63. The Labute approximate surface area is 126 Å². The van der Waals surface area contributed by atoms with Gasteiger partial charge in [-0.05, 0) is 48.1 Å². The first-order chi connectivity index (χ1) is 8.54. The summed E-state index contributed by atoms with van der Waals surface area (Å²) in [5.74, 6) is -0.328. The number of likely N-dealkylation sites (N-methyl/N-ethyl adjacent to an activating group) is 1. The van der Waals surface area contributed by atoms with Crippen molar-refractivity contribution in [2.24, 2.45) is 0 Å². The van der Waals surface area contributed by atoms with E-state index in [9.17, 15) is 13.2 Å². The Morgan fingerprint density at radius 2 is 2.05 bits per heavy atom. The maximum atomic E-state index is 12.2. The second-order valence-electron chi connectivity index (χ2n) is 5.12. The average molecular weight is 369 g/mol. The lowest BCUT2D eigenvalue weighted by Crippen LogP contribution is -2.46. The Kier molecular flexibility index (Phi) is 5.16. The zero-order valence-corrected chi connectivity index (χ0v) is 14.4. The molecule has 5 nitrogen and oxygen atoms in total. The molecule has 0 saturated heterocycles. The molecule has 19 heavy (non-hydrogen) atoms. The van der Waals surface area contributed by atoms with Gasteiger partial charge in [0, 0.05) is 17.1 Å². The average Bonchev–Trinajstić information content (AvgIpc) is 2.61. The monoisotopic (exact) mass is 368 g/mol. The molecule has 1 aromatic rings. The smallest absolute Gasteiger partial charge is 0.253 e. The zero-order valence-electron chi connectivity index (χ0n) is 11.2. The fourth-order valence-corrected chi connectivity index (χ4v) is 4.98. The lowest BCUT2D eigenvalue weighted by atomic mass is 10.1. The summed E-state index contributed by atoms with van der Waals surface area (Å²) in [5, 5.41) is 4.41. The van der Waals surface area contributed by atoms with Gasteiger partial charge in [0.25, 0.3) is 10.0 Å². The van der Waals surface area contributed by atoms with Crippen LogP contribution in [-0.2, 0) is 14.8 Å². The number of carbonyl (C=O) groups is 1. The van der Waals surface area contributed by atoms with E-state index in [1.807, 2.05) is 20.8 Å². The van der Waals surface area contributed by atoms with Gasteiger partial charge in [-0.25, -0.2) is 8.42 Å². The van der Waals surface area contributed by atoms with Crippen LogP contribution < -0.4 is 5.32 Å². The van der Waals surface area contributed by atoms with Crippen molar-refractivity contribution >= 4 is 43.2 Å². The van der Waals surface area contributed by atoms with Crippen molar-refractivity contribution in [1.29, 1.82) is 0 Å². The molecule has 1 N–H and O–H groups in total. The van der Waals surface area contributed by atoms with E-state index < -0.39 is 10.0 Å². The van der Waals surface area contributed by atoms with E-state index in [-0.39, 0.29) is 22.2 Å². The quantitative estimate of drug-likeness (QED) is 0.883. The molecule has 0 saturated carbocycles. The van der Waals surface area contributed by atoms with Gasteiger partial charge in [0.15, 0.2) is 0 Å². The van der Waals surface area contributed by atoms with E-state index in [1.54, 1.807) is 11.4 Å². The molecular formula is C11H17BrN2O3S2. The van der Waals surface area contributed by atoms with Crippen LogP contribution in [0.15, 0.2) is 20.1 Å². The number of carbonyl (C=O) groups excluding carboxylic acids is 1. The van der Waals surface area contributed by atoms with Crippen molar-refractivity contribution in [1.82, 2.24) is 9.62 Å². The van der Waals surface area contributed by atoms with Crippen LogP contribution in [0.2, 0.25) is 0 Å². The van der Waals surface area contributed by atoms with Gasteiger partial charge < -0.3 is 5.32 Å². The molecule has 0 bridgehead atoms. The number of rotatable bonds is 4. The van der Waals surface area contributed by atoms with Gasteiger partial charge in [0.2, 0.25) is 5.91 Å². The molecule has 1 heterocycles. The Hall–Kier alpha value is -0.440. The number of hydrogen-bond donors (Lipinski definition) is 1. The van der Waals surface area contributed by atoms with Gasteiger partial charge in [-0.15, -0.1) is 11.3 Å². The fourth-order valence-electron chi connectivity index (χ4n) is 1.35. The van der Waals surface area contributed by atoms with Crippen molar-refractivity contribution in [3.63, 3.8) is 0 Å². The van der Waals surface area contributed by atoms with Crippen LogP contribution >= 0.6 is 27.3 Å². The minimum absolute atomic E-state index is 0.204. The molecule has 0 radical (unpaired) electrons. The summed E-state index contributed by atoms with van der Waals surface area (Å²) in [5.41, 5.74) is -0.384. The highest BCUT2D eigenvalue weighted by molar-refractivity contribution is 9.10. The van der Waals surface area contributed by atoms with Crippen molar-refractivity contribution < 1.29 is 13.2 Å². The van der Waals surface area contributed by atoms with Crippen LogP contribution in [0.1, 0.15) is 20.8 Å². The summed E-state index contributed by atoms with van der Waals surface area (Å²) in [6.07, 6.45) is 0. The highest BCUT2D eigenvalue weighted by Gasteiger charge is 2.27. The van der Waals surface area contributed by atoms with E-state index in [2.05, 4.69) is 21.2 Å². The molecule has 0 aliphatic carbocycles. The molecule has 0 aliphatic heterocycles. The number of halogens is 1. The number of thiophene rings is 1. The second kappa shape index (κ2) is 5.90. The predicted molar refractivity (Wildman–Crippen MR) is 79.7 cm³/mol. The molecule has 0 spiro atoms. The van der Waals surface area contributed by atoms with E-state index in [4.69, 9.17) is 0 Å². The van der Waals surface area contributed by atoms with Gasteiger partial charge in [0.1, 0.15) is 4.21 Å². The van der Waals surface area contributed by atoms with Crippen molar-refractivity contribution in [3.8, 4) is 0 Å². The van der Waals surface area contributed by atoms with Crippen LogP contribution in [0.5, 0.6) is 0 Å². The third-order valence-electron chi connectivity index (χ3n) is 2.11. The van der Waals surface area contributed by atoms with Crippen LogP contribution in [0.25, 0.3) is 0 Å². The first-order valence-corrected chi connectivity index (χ1v) is 8.65. The topological polar surface area (TPSA) is 66.5 Å². The summed E-state index contributed by atoms with van der Waals surface area (Å²) in [6, 6.07) is 1.67. The Morgan fingerprint density at radius 3 is 2.47 bits per heavy atom. The van der Waals surface area contributed by atoms with Gasteiger partial charge in [-0.1, -0.05) is 0 Å². The van der Waals surface area contributed by atoms with Crippen molar-refractivity contribution in [3.05, 3.63) is 15.9 Å². The normalized spacial score (nSPS) is 12.7. The maximum absolute atomic E-state index is 12.2. The fraction of sp³-hybridized carbons (Fsp3) is 0.545. The van der Waals surface area contributed by atoms with Crippen LogP contribution in [0.4, 0.5) is 0 Å². The number of nitrogens with one attached hydrogen (secondary N) is 1. The third-order valence-corrected chi connectivity index (χ3v) is 6.56. The summed E-state index contributed by atoms with van der Waals surface area (Å²) < 4.78 is 26.3. The number of sulfonamides is 1. The lowest BCUT2D eigenvalue weighted by molar-refractivity contribution is -0.122. The van der Waals surface area contributed by atoms with Gasteiger partial charge >= 0.3 is 0 Å². The molecular weight excluding hydrogens is 352 g/mol. The van der Waals surface area contributed by atoms with Crippen LogP contribution in [0.3, 0.4) is 0 Å². The van der Waals surface area contributed by atoms with Gasteiger partial charge in [0.05, 0.1) is 6.54 Å². The van der Waals surface area contributed by atoms with E-state index in [0.717, 1.165) is 15.6 Å².